The Bertz CT molecular complexity index is 1120. The van der Waals surface area contributed by atoms with Crippen LogP contribution in [0.1, 0.15) is 63.5 Å². The Morgan fingerprint density at radius 1 is 0.973 bits per heavy atom. The summed E-state index contributed by atoms with van der Waals surface area (Å²) in [5, 5.41) is 0. The predicted octanol–water partition coefficient (Wildman–Crippen LogP) is 6.96. The molecule has 1 fully saturated rings. The summed E-state index contributed by atoms with van der Waals surface area (Å²) in [6.07, 6.45) is 4.37. The molecule has 3 unspecified atom stereocenters. The molecule has 198 valence electrons. The van der Waals surface area contributed by atoms with Gasteiger partial charge in [0.1, 0.15) is 17.3 Å². The molecule has 1 saturated carbocycles. The summed E-state index contributed by atoms with van der Waals surface area (Å²) in [5.41, 5.74) is 2.52. The van der Waals surface area contributed by atoms with Crippen molar-refractivity contribution in [3.63, 3.8) is 0 Å². The summed E-state index contributed by atoms with van der Waals surface area (Å²) in [6.45, 7) is 13.5. The van der Waals surface area contributed by atoms with E-state index >= 15 is 0 Å². The molecule has 3 rings (SSSR count). The minimum atomic E-state index is -0.558. The average molecular weight is 509 g/mol. The molecule has 0 saturated heterocycles. The SMILES string of the molecule is C=C(C)C(=O)OCCCc1ccc(OCC2CCC(c3ccc(OC(=O)C(=C)C)cc3F)C(C)C2)cc1. The van der Waals surface area contributed by atoms with Crippen LogP contribution in [-0.2, 0) is 20.7 Å². The molecule has 5 nitrogen and oxygen atoms in total. The van der Waals surface area contributed by atoms with Gasteiger partial charge < -0.3 is 14.2 Å². The Hall–Kier alpha value is -3.41. The van der Waals surface area contributed by atoms with Gasteiger partial charge in [-0.05, 0) is 93.0 Å². The highest BCUT2D eigenvalue weighted by Crippen LogP contribution is 2.41. The molecule has 0 bridgehead atoms. The van der Waals surface area contributed by atoms with Gasteiger partial charge in [-0.2, -0.15) is 0 Å². The minimum Gasteiger partial charge on any atom is -0.493 e. The highest BCUT2D eigenvalue weighted by atomic mass is 19.1. The highest BCUT2D eigenvalue weighted by Gasteiger charge is 2.30. The van der Waals surface area contributed by atoms with Crippen LogP contribution < -0.4 is 9.47 Å². The summed E-state index contributed by atoms with van der Waals surface area (Å²) < 4.78 is 31.2. The van der Waals surface area contributed by atoms with Crippen molar-refractivity contribution in [1.29, 1.82) is 0 Å². The first kappa shape index (κ1) is 28.2. The molecule has 1 aliphatic carbocycles. The van der Waals surface area contributed by atoms with E-state index in [0.717, 1.165) is 43.4 Å². The maximum Gasteiger partial charge on any atom is 0.338 e. The predicted molar refractivity (Wildman–Crippen MR) is 142 cm³/mol. The lowest BCUT2D eigenvalue weighted by Crippen LogP contribution is -2.26. The molecule has 37 heavy (non-hydrogen) atoms. The van der Waals surface area contributed by atoms with E-state index in [1.54, 1.807) is 26.0 Å². The van der Waals surface area contributed by atoms with Crippen molar-refractivity contribution in [2.75, 3.05) is 13.2 Å². The van der Waals surface area contributed by atoms with Crippen LogP contribution in [0.2, 0.25) is 0 Å². The van der Waals surface area contributed by atoms with Crippen molar-refractivity contribution >= 4 is 11.9 Å². The Labute approximate surface area is 219 Å². The molecule has 0 spiro atoms. The number of carbonyl (C=O) groups excluding carboxylic acids is 2. The number of ether oxygens (including phenoxy) is 3. The lowest BCUT2D eigenvalue weighted by Gasteiger charge is -2.34. The van der Waals surface area contributed by atoms with Crippen LogP contribution >= 0.6 is 0 Å². The third-order valence-electron chi connectivity index (χ3n) is 6.81. The number of carbonyl (C=O) groups is 2. The summed E-state index contributed by atoms with van der Waals surface area (Å²) in [5.74, 6) is 0.618. The first-order valence-electron chi connectivity index (χ1n) is 12.9. The van der Waals surface area contributed by atoms with E-state index in [0.29, 0.717) is 36.2 Å². The van der Waals surface area contributed by atoms with E-state index in [2.05, 4.69) is 20.1 Å². The number of aryl methyl sites for hydroxylation is 1. The fourth-order valence-electron chi connectivity index (χ4n) is 4.72. The fraction of sp³-hybridized carbons (Fsp3) is 0.419. The van der Waals surface area contributed by atoms with Crippen LogP contribution in [-0.4, -0.2) is 25.2 Å². The fourth-order valence-corrected chi connectivity index (χ4v) is 4.72. The highest BCUT2D eigenvalue weighted by molar-refractivity contribution is 5.88. The quantitative estimate of drug-likeness (QED) is 0.142. The van der Waals surface area contributed by atoms with Gasteiger partial charge in [0, 0.05) is 17.2 Å². The molecule has 0 amide bonds. The van der Waals surface area contributed by atoms with Crippen LogP contribution in [0.15, 0.2) is 66.8 Å². The Balaban J connectivity index is 1.44. The van der Waals surface area contributed by atoms with E-state index in [4.69, 9.17) is 14.2 Å². The third kappa shape index (κ3) is 8.31. The number of hydrogen-bond donors (Lipinski definition) is 0. The van der Waals surface area contributed by atoms with Gasteiger partial charge in [0.15, 0.2) is 0 Å². The smallest absolute Gasteiger partial charge is 0.338 e. The zero-order valence-electron chi connectivity index (χ0n) is 22.1. The van der Waals surface area contributed by atoms with Gasteiger partial charge in [0.05, 0.1) is 13.2 Å². The van der Waals surface area contributed by atoms with Crippen molar-refractivity contribution < 1.29 is 28.2 Å². The van der Waals surface area contributed by atoms with E-state index in [9.17, 15) is 14.0 Å². The first-order chi connectivity index (χ1) is 17.6. The second kappa shape index (κ2) is 13.2. The van der Waals surface area contributed by atoms with Crippen molar-refractivity contribution in [1.82, 2.24) is 0 Å². The normalized spacial score (nSPS) is 19.1. The average Bonchev–Trinajstić information content (AvgIpc) is 2.86. The van der Waals surface area contributed by atoms with Gasteiger partial charge in [-0.25, -0.2) is 14.0 Å². The van der Waals surface area contributed by atoms with Crippen LogP contribution in [0.4, 0.5) is 4.39 Å². The van der Waals surface area contributed by atoms with Crippen molar-refractivity contribution in [2.24, 2.45) is 11.8 Å². The van der Waals surface area contributed by atoms with Crippen LogP contribution in [0.5, 0.6) is 11.5 Å². The number of rotatable bonds is 11. The summed E-state index contributed by atoms with van der Waals surface area (Å²) >= 11 is 0. The second-order valence-corrected chi connectivity index (χ2v) is 10.1. The van der Waals surface area contributed by atoms with E-state index in [1.807, 2.05) is 24.3 Å². The van der Waals surface area contributed by atoms with Gasteiger partial charge in [-0.15, -0.1) is 0 Å². The van der Waals surface area contributed by atoms with Crippen molar-refractivity contribution in [3.8, 4) is 11.5 Å². The molecular weight excluding hydrogens is 471 g/mol. The lowest BCUT2D eigenvalue weighted by molar-refractivity contribution is -0.139. The van der Waals surface area contributed by atoms with Crippen LogP contribution in [0.3, 0.4) is 0 Å². The molecule has 0 aromatic heterocycles. The standard InChI is InChI=1S/C31H37FO5/c1-20(2)30(33)35-16-6-7-23-8-11-25(12-9-23)36-19-24-10-14-27(22(5)17-24)28-15-13-26(18-29(28)32)37-31(34)21(3)4/h8-9,11-13,15,18,22,24,27H,1,3,6-7,10,14,16-17,19H2,2,4-5H3. The van der Waals surface area contributed by atoms with Gasteiger partial charge >= 0.3 is 11.9 Å². The monoisotopic (exact) mass is 508 g/mol. The molecule has 2 aromatic carbocycles. The van der Waals surface area contributed by atoms with Crippen LogP contribution in [0.25, 0.3) is 0 Å². The summed E-state index contributed by atoms with van der Waals surface area (Å²) in [7, 11) is 0. The topological polar surface area (TPSA) is 61.8 Å². The number of hydrogen-bond acceptors (Lipinski definition) is 5. The van der Waals surface area contributed by atoms with Crippen molar-refractivity contribution in [3.05, 3.63) is 83.7 Å². The second-order valence-electron chi connectivity index (χ2n) is 10.1. The first-order valence-corrected chi connectivity index (χ1v) is 12.9. The minimum absolute atomic E-state index is 0.121. The van der Waals surface area contributed by atoms with E-state index < -0.39 is 5.97 Å². The summed E-state index contributed by atoms with van der Waals surface area (Å²) in [4.78, 5) is 23.1. The number of benzene rings is 2. The molecule has 0 N–H and O–H groups in total. The molecule has 1 aliphatic rings. The largest absolute Gasteiger partial charge is 0.493 e. The Morgan fingerprint density at radius 2 is 1.65 bits per heavy atom. The third-order valence-corrected chi connectivity index (χ3v) is 6.81. The molecular formula is C31H37FO5. The molecule has 2 aromatic rings. The number of esters is 2. The van der Waals surface area contributed by atoms with Gasteiger partial charge in [-0.3, -0.25) is 0 Å². The Kier molecular flexibility index (Phi) is 10.1. The molecule has 6 heteroatoms. The van der Waals surface area contributed by atoms with Gasteiger partial charge in [0.25, 0.3) is 0 Å². The number of halogens is 1. The molecule has 3 atom stereocenters. The lowest BCUT2D eigenvalue weighted by atomic mass is 9.72. The molecule has 0 aliphatic heterocycles. The summed E-state index contributed by atoms with van der Waals surface area (Å²) in [6, 6.07) is 12.7. The van der Waals surface area contributed by atoms with Gasteiger partial charge in [-0.1, -0.05) is 38.3 Å². The van der Waals surface area contributed by atoms with Crippen LogP contribution in [0, 0.1) is 17.7 Å². The Morgan fingerprint density at radius 3 is 2.27 bits per heavy atom. The van der Waals surface area contributed by atoms with Gasteiger partial charge in [0.2, 0.25) is 0 Å². The molecule has 0 radical (unpaired) electrons. The van der Waals surface area contributed by atoms with Crippen molar-refractivity contribution in [2.45, 2.75) is 58.8 Å². The maximum absolute atomic E-state index is 14.9. The van der Waals surface area contributed by atoms with E-state index in [-0.39, 0.29) is 29.0 Å². The zero-order chi connectivity index (χ0) is 26.9. The van der Waals surface area contributed by atoms with E-state index in [1.165, 1.54) is 6.07 Å². The molecule has 0 heterocycles. The maximum atomic E-state index is 14.9. The zero-order valence-corrected chi connectivity index (χ0v) is 22.1.